The van der Waals surface area contributed by atoms with Crippen LogP contribution in [0, 0.1) is 3.57 Å². The maximum absolute atomic E-state index is 11.5. The quantitative estimate of drug-likeness (QED) is 0.605. The third-order valence-corrected chi connectivity index (χ3v) is 5.61. The molecule has 1 aliphatic heterocycles. The van der Waals surface area contributed by atoms with Crippen LogP contribution < -0.4 is 10.6 Å². The van der Waals surface area contributed by atoms with E-state index in [0.29, 0.717) is 6.54 Å². The number of nitrogens with zero attached hydrogens (tertiary/aromatic N) is 1. The highest BCUT2D eigenvalue weighted by Gasteiger charge is 2.28. The fourth-order valence-corrected chi connectivity index (χ4v) is 4.52. The Kier molecular flexibility index (Phi) is 3.53. The van der Waals surface area contributed by atoms with Crippen molar-refractivity contribution in [1.82, 2.24) is 0 Å². The molecule has 1 fully saturated rings. The zero-order valence-electron chi connectivity index (χ0n) is 9.56. The van der Waals surface area contributed by atoms with Crippen molar-refractivity contribution in [2.24, 2.45) is 0 Å². The van der Waals surface area contributed by atoms with Crippen molar-refractivity contribution >= 4 is 43.8 Å². The highest BCUT2D eigenvalue weighted by molar-refractivity contribution is 14.1. The summed E-state index contributed by atoms with van der Waals surface area (Å²) < 4.78 is 24.1. The monoisotopic (exact) mass is 366 g/mol. The molecule has 0 aromatic heterocycles. The van der Waals surface area contributed by atoms with Crippen molar-refractivity contribution in [3.63, 3.8) is 0 Å². The van der Waals surface area contributed by atoms with E-state index in [9.17, 15) is 8.42 Å². The van der Waals surface area contributed by atoms with Crippen LogP contribution in [0.2, 0.25) is 0 Å². The van der Waals surface area contributed by atoms with E-state index in [1.54, 1.807) is 0 Å². The summed E-state index contributed by atoms with van der Waals surface area (Å²) in [6.07, 6.45) is 0. The molecule has 0 saturated carbocycles. The van der Waals surface area contributed by atoms with Crippen LogP contribution in [0.25, 0.3) is 0 Å². The second kappa shape index (κ2) is 4.64. The number of hydrogen-bond acceptors (Lipinski definition) is 4. The van der Waals surface area contributed by atoms with Gasteiger partial charge in [0.15, 0.2) is 9.84 Å². The minimum Gasteiger partial charge on any atom is -0.399 e. The van der Waals surface area contributed by atoms with Crippen molar-refractivity contribution in [2.45, 2.75) is 13.0 Å². The van der Waals surface area contributed by atoms with Gasteiger partial charge < -0.3 is 10.6 Å². The van der Waals surface area contributed by atoms with Gasteiger partial charge in [-0.2, -0.15) is 0 Å². The SMILES string of the molecule is CC1CS(=O)(=O)CCN1c1ccc(N)cc1I. The third kappa shape index (κ3) is 2.85. The molecule has 1 atom stereocenters. The predicted molar refractivity (Wildman–Crippen MR) is 79.0 cm³/mol. The lowest BCUT2D eigenvalue weighted by Gasteiger charge is -2.35. The highest BCUT2D eigenvalue weighted by Crippen LogP contribution is 2.28. The molecule has 0 spiro atoms. The van der Waals surface area contributed by atoms with E-state index < -0.39 is 9.84 Å². The van der Waals surface area contributed by atoms with Crippen LogP contribution in [0.4, 0.5) is 11.4 Å². The lowest BCUT2D eigenvalue weighted by atomic mass is 10.2. The molecular formula is C11H15IN2O2S. The molecule has 2 rings (SSSR count). The maximum Gasteiger partial charge on any atom is 0.154 e. The van der Waals surface area contributed by atoms with Crippen LogP contribution in [0.5, 0.6) is 0 Å². The molecule has 1 unspecified atom stereocenters. The summed E-state index contributed by atoms with van der Waals surface area (Å²) in [6.45, 7) is 2.51. The van der Waals surface area contributed by atoms with Gasteiger partial charge in [0.05, 0.1) is 17.2 Å². The van der Waals surface area contributed by atoms with Crippen molar-refractivity contribution in [1.29, 1.82) is 0 Å². The Labute approximate surface area is 115 Å². The molecule has 1 aliphatic rings. The van der Waals surface area contributed by atoms with Crippen molar-refractivity contribution < 1.29 is 8.42 Å². The molecule has 0 radical (unpaired) electrons. The first-order valence-electron chi connectivity index (χ1n) is 5.41. The number of hydrogen-bond donors (Lipinski definition) is 1. The Bertz CT molecular complexity index is 530. The molecule has 1 aromatic carbocycles. The number of nitrogens with two attached hydrogens (primary N) is 1. The Morgan fingerprint density at radius 2 is 2.18 bits per heavy atom. The zero-order valence-corrected chi connectivity index (χ0v) is 12.5. The fraction of sp³-hybridized carbons (Fsp3) is 0.455. The average molecular weight is 366 g/mol. The molecule has 1 saturated heterocycles. The summed E-state index contributed by atoms with van der Waals surface area (Å²) in [4.78, 5) is 2.14. The number of sulfone groups is 1. The molecular weight excluding hydrogens is 351 g/mol. The smallest absolute Gasteiger partial charge is 0.154 e. The summed E-state index contributed by atoms with van der Waals surface area (Å²) in [6, 6.07) is 5.75. The molecule has 6 heteroatoms. The van der Waals surface area contributed by atoms with E-state index in [4.69, 9.17) is 5.73 Å². The molecule has 1 aromatic rings. The minimum absolute atomic E-state index is 0.0193. The molecule has 0 amide bonds. The molecule has 4 nitrogen and oxygen atoms in total. The summed E-state index contributed by atoms with van der Waals surface area (Å²) in [5, 5.41) is 0. The lowest BCUT2D eigenvalue weighted by molar-refractivity contribution is 0.568. The van der Waals surface area contributed by atoms with Crippen molar-refractivity contribution in [3.05, 3.63) is 21.8 Å². The fourth-order valence-electron chi connectivity index (χ4n) is 2.11. The summed E-state index contributed by atoms with van der Waals surface area (Å²) in [5.74, 6) is 0.464. The van der Waals surface area contributed by atoms with Crippen LogP contribution in [-0.2, 0) is 9.84 Å². The normalized spacial score (nSPS) is 23.6. The number of anilines is 2. The van der Waals surface area contributed by atoms with Gasteiger partial charge in [-0.25, -0.2) is 8.42 Å². The van der Waals surface area contributed by atoms with Crippen LogP contribution in [0.3, 0.4) is 0 Å². The van der Waals surface area contributed by atoms with Gasteiger partial charge in [0, 0.05) is 21.8 Å². The maximum atomic E-state index is 11.5. The van der Waals surface area contributed by atoms with Crippen LogP contribution >= 0.6 is 22.6 Å². The van der Waals surface area contributed by atoms with E-state index >= 15 is 0 Å². The summed E-state index contributed by atoms with van der Waals surface area (Å²) in [7, 11) is -2.86. The van der Waals surface area contributed by atoms with Gasteiger partial charge in [0.25, 0.3) is 0 Å². The van der Waals surface area contributed by atoms with Gasteiger partial charge in [0.2, 0.25) is 0 Å². The van der Waals surface area contributed by atoms with Gasteiger partial charge in [-0.1, -0.05) is 0 Å². The van der Waals surface area contributed by atoms with Gasteiger partial charge in [-0.3, -0.25) is 0 Å². The van der Waals surface area contributed by atoms with Crippen LogP contribution in [0.15, 0.2) is 18.2 Å². The second-order valence-corrected chi connectivity index (χ2v) is 7.76. The first-order chi connectivity index (χ1) is 7.89. The Morgan fingerprint density at radius 3 is 2.76 bits per heavy atom. The molecule has 0 bridgehead atoms. The number of rotatable bonds is 1. The van der Waals surface area contributed by atoms with E-state index in [1.807, 2.05) is 25.1 Å². The van der Waals surface area contributed by atoms with Gasteiger partial charge in [-0.15, -0.1) is 0 Å². The first kappa shape index (κ1) is 12.9. The Morgan fingerprint density at radius 1 is 1.47 bits per heavy atom. The van der Waals surface area contributed by atoms with Crippen LogP contribution in [-0.4, -0.2) is 32.5 Å². The van der Waals surface area contributed by atoms with Crippen molar-refractivity contribution in [3.8, 4) is 0 Å². The zero-order chi connectivity index (χ0) is 12.6. The van der Waals surface area contributed by atoms with E-state index in [0.717, 1.165) is 14.9 Å². The molecule has 2 N–H and O–H groups in total. The third-order valence-electron chi connectivity index (χ3n) is 2.95. The van der Waals surface area contributed by atoms with Crippen LogP contribution in [0.1, 0.15) is 6.92 Å². The Hall–Kier alpha value is -0.500. The van der Waals surface area contributed by atoms with E-state index in [-0.39, 0.29) is 17.5 Å². The standard InChI is InChI=1S/C11H15IN2O2S/c1-8-7-17(15,16)5-4-14(8)11-3-2-9(13)6-10(11)12/h2-3,6,8H,4-5,7,13H2,1H3. The number of benzene rings is 1. The van der Waals surface area contributed by atoms with Crippen molar-refractivity contribution in [2.75, 3.05) is 28.7 Å². The molecule has 0 aliphatic carbocycles. The average Bonchev–Trinajstić information content (AvgIpc) is 2.18. The minimum atomic E-state index is -2.86. The topological polar surface area (TPSA) is 63.4 Å². The largest absolute Gasteiger partial charge is 0.399 e. The van der Waals surface area contributed by atoms with E-state index in [1.165, 1.54) is 0 Å². The van der Waals surface area contributed by atoms with Gasteiger partial charge in [0.1, 0.15) is 0 Å². The van der Waals surface area contributed by atoms with E-state index in [2.05, 4.69) is 27.5 Å². The van der Waals surface area contributed by atoms with Gasteiger partial charge >= 0.3 is 0 Å². The van der Waals surface area contributed by atoms with Gasteiger partial charge in [-0.05, 0) is 47.7 Å². The second-order valence-electron chi connectivity index (χ2n) is 4.37. The number of nitrogen functional groups attached to an aromatic ring is 1. The lowest BCUT2D eigenvalue weighted by Crippen LogP contribution is -2.47. The molecule has 1 heterocycles. The molecule has 17 heavy (non-hydrogen) atoms. The summed E-state index contributed by atoms with van der Waals surface area (Å²) >= 11 is 2.24. The Balaban J connectivity index is 2.29. The number of halogens is 1. The molecule has 94 valence electrons. The highest BCUT2D eigenvalue weighted by atomic mass is 127. The predicted octanol–water partition coefficient (Wildman–Crippen LogP) is 1.50. The summed E-state index contributed by atoms with van der Waals surface area (Å²) in [5.41, 5.74) is 7.52. The first-order valence-corrected chi connectivity index (χ1v) is 8.31.